The van der Waals surface area contributed by atoms with E-state index >= 15 is 0 Å². The van der Waals surface area contributed by atoms with Crippen LogP contribution in [0.1, 0.15) is 27.2 Å². The Balaban J connectivity index is 2.50. The van der Waals surface area contributed by atoms with Crippen molar-refractivity contribution in [2.45, 2.75) is 19.3 Å². The molecule has 0 saturated heterocycles. The van der Waals surface area contributed by atoms with Crippen molar-refractivity contribution in [2.24, 2.45) is 0 Å². The molecule has 1 aromatic heterocycles. The zero-order valence-corrected chi connectivity index (χ0v) is 10.2. The van der Waals surface area contributed by atoms with Gasteiger partial charge in [-0.15, -0.1) is 11.3 Å². The van der Waals surface area contributed by atoms with Crippen LogP contribution >= 0.6 is 11.3 Å². The van der Waals surface area contributed by atoms with Crippen LogP contribution in [0.4, 0.5) is 5.00 Å². The number of fused-ring (bicyclic) bond motifs is 1. The molecule has 0 saturated carbocycles. The molecule has 0 aliphatic heterocycles. The minimum atomic E-state index is -3.42. The molecule has 5 nitrogen and oxygen atoms in total. The second-order valence-corrected chi connectivity index (χ2v) is 6.59. The summed E-state index contributed by atoms with van der Waals surface area (Å²) < 4.78 is 24.5. The van der Waals surface area contributed by atoms with Crippen LogP contribution in [0.25, 0.3) is 0 Å². The van der Waals surface area contributed by atoms with E-state index < -0.39 is 16.0 Å². The van der Waals surface area contributed by atoms with Crippen molar-refractivity contribution in [3.05, 3.63) is 16.0 Å². The molecule has 0 fully saturated rings. The Bertz CT molecular complexity index is 544. The molecule has 16 heavy (non-hydrogen) atoms. The predicted molar refractivity (Wildman–Crippen MR) is 61.8 cm³/mol. The van der Waals surface area contributed by atoms with Gasteiger partial charge in [0.25, 0.3) is 0 Å². The highest BCUT2D eigenvalue weighted by molar-refractivity contribution is 7.92. The topological polar surface area (TPSA) is 83.5 Å². The van der Waals surface area contributed by atoms with Gasteiger partial charge in [0, 0.05) is 4.88 Å². The van der Waals surface area contributed by atoms with Gasteiger partial charge in [0.15, 0.2) is 0 Å². The Hall–Kier alpha value is -1.08. The average Bonchev–Trinajstić information content (AvgIpc) is 2.58. The molecular weight excluding hydrogens is 250 g/mol. The van der Waals surface area contributed by atoms with Crippen LogP contribution in [0.5, 0.6) is 0 Å². The lowest BCUT2D eigenvalue weighted by atomic mass is 10.1. The van der Waals surface area contributed by atoms with E-state index in [9.17, 15) is 13.2 Å². The Labute approximate surface area is 97.2 Å². The smallest absolute Gasteiger partial charge is 0.339 e. The van der Waals surface area contributed by atoms with E-state index in [1.54, 1.807) is 0 Å². The van der Waals surface area contributed by atoms with E-state index in [-0.39, 0.29) is 10.6 Å². The molecule has 7 heteroatoms. The summed E-state index contributed by atoms with van der Waals surface area (Å²) in [4.78, 5) is 12.1. The maximum absolute atomic E-state index is 11.1. The average molecular weight is 261 g/mol. The molecule has 0 amide bonds. The number of nitrogens with one attached hydrogen (secondary N) is 1. The maximum atomic E-state index is 11.1. The van der Waals surface area contributed by atoms with Crippen molar-refractivity contribution in [3.8, 4) is 0 Å². The van der Waals surface area contributed by atoms with Gasteiger partial charge in [-0.1, -0.05) is 0 Å². The predicted octanol–water partition coefficient (Wildman–Crippen LogP) is 1.31. The number of anilines is 1. The second kappa shape index (κ2) is 3.74. The van der Waals surface area contributed by atoms with Crippen molar-refractivity contribution in [3.63, 3.8) is 0 Å². The number of aryl methyl sites for hydroxylation is 1. The van der Waals surface area contributed by atoms with E-state index in [1.807, 2.05) is 0 Å². The Morgan fingerprint density at radius 3 is 2.69 bits per heavy atom. The third-order valence-corrected chi connectivity index (χ3v) is 4.32. The van der Waals surface area contributed by atoms with Gasteiger partial charge < -0.3 is 5.11 Å². The number of carboxylic acids is 1. The third kappa shape index (κ3) is 2.05. The summed E-state index contributed by atoms with van der Waals surface area (Å²) in [6, 6.07) is 0. The SMILES string of the molecule is CS(=O)(=O)Nc1sc2c(c1C(=O)O)CCC2. The first-order valence-corrected chi connectivity index (χ1v) is 7.45. The molecule has 1 aromatic rings. The monoisotopic (exact) mass is 261 g/mol. The summed E-state index contributed by atoms with van der Waals surface area (Å²) in [5, 5.41) is 9.32. The number of carbonyl (C=O) groups is 1. The first kappa shape index (κ1) is 11.4. The molecule has 0 unspecified atom stereocenters. The molecule has 0 aromatic carbocycles. The van der Waals surface area contributed by atoms with Gasteiger partial charge >= 0.3 is 5.97 Å². The van der Waals surface area contributed by atoms with Gasteiger partial charge in [-0.2, -0.15) is 0 Å². The highest BCUT2D eigenvalue weighted by Crippen LogP contribution is 2.39. The standard InChI is InChI=1S/C9H11NO4S2/c1-16(13,14)10-8-7(9(11)12)5-3-2-4-6(5)15-8/h10H,2-4H2,1H3,(H,11,12). The fourth-order valence-electron chi connectivity index (χ4n) is 1.87. The summed E-state index contributed by atoms with van der Waals surface area (Å²) >= 11 is 1.23. The van der Waals surface area contributed by atoms with Crippen LogP contribution < -0.4 is 4.72 Å². The molecule has 88 valence electrons. The highest BCUT2D eigenvalue weighted by Gasteiger charge is 2.27. The van der Waals surface area contributed by atoms with Crippen molar-refractivity contribution >= 4 is 32.3 Å². The Morgan fingerprint density at radius 2 is 2.12 bits per heavy atom. The van der Waals surface area contributed by atoms with Crippen LogP contribution in [-0.4, -0.2) is 25.7 Å². The van der Waals surface area contributed by atoms with Crippen molar-refractivity contribution < 1.29 is 18.3 Å². The number of hydrogen-bond acceptors (Lipinski definition) is 4. The molecule has 2 N–H and O–H groups in total. The van der Waals surface area contributed by atoms with Gasteiger partial charge in [0.2, 0.25) is 10.0 Å². The molecule has 0 atom stereocenters. The largest absolute Gasteiger partial charge is 0.478 e. The van der Waals surface area contributed by atoms with E-state index in [4.69, 9.17) is 5.11 Å². The molecule has 1 aliphatic rings. The van der Waals surface area contributed by atoms with Gasteiger partial charge in [-0.25, -0.2) is 13.2 Å². The second-order valence-electron chi connectivity index (χ2n) is 3.74. The fraction of sp³-hybridized carbons (Fsp3) is 0.444. The van der Waals surface area contributed by atoms with Crippen LogP contribution in [0.3, 0.4) is 0 Å². The minimum absolute atomic E-state index is 0.128. The van der Waals surface area contributed by atoms with E-state index in [1.165, 1.54) is 11.3 Å². The summed E-state index contributed by atoms with van der Waals surface area (Å²) in [6.07, 6.45) is 3.52. The Kier molecular flexibility index (Phi) is 2.67. The first-order chi connectivity index (χ1) is 7.38. The highest BCUT2D eigenvalue weighted by atomic mass is 32.2. The summed E-state index contributed by atoms with van der Waals surface area (Å²) in [5.41, 5.74) is 0.923. The van der Waals surface area contributed by atoms with Crippen molar-refractivity contribution in [2.75, 3.05) is 11.0 Å². The van der Waals surface area contributed by atoms with E-state index in [0.29, 0.717) is 0 Å². The molecule has 2 rings (SSSR count). The van der Waals surface area contributed by atoms with Crippen molar-refractivity contribution in [1.29, 1.82) is 0 Å². The lowest BCUT2D eigenvalue weighted by Gasteiger charge is -2.03. The number of thiophene rings is 1. The minimum Gasteiger partial charge on any atom is -0.478 e. The molecule has 0 spiro atoms. The van der Waals surface area contributed by atoms with E-state index in [2.05, 4.69) is 4.72 Å². The summed E-state index contributed by atoms with van der Waals surface area (Å²) in [7, 11) is -3.42. The lowest BCUT2D eigenvalue weighted by Crippen LogP contribution is -2.12. The Morgan fingerprint density at radius 1 is 1.44 bits per heavy atom. The fourth-order valence-corrected chi connectivity index (χ4v) is 4.06. The third-order valence-electron chi connectivity index (χ3n) is 2.41. The maximum Gasteiger partial charge on any atom is 0.339 e. The molecule has 1 aliphatic carbocycles. The van der Waals surface area contributed by atoms with Gasteiger partial charge in [0.05, 0.1) is 11.8 Å². The zero-order valence-electron chi connectivity index (χ0n) is 8.61. The lowest BCUT2D eigenvalue weighted by molar-refractivity contribution is 0.0697. The molecular formula is C9H11NO4S2. The molecule has 0 bridgehead atoms. The van der Waals surface area contributed by atoms with Crippen LogP contribution in [0, 0.1) is 0 Å². The van der Waals surface area contributed by atoms with Gasteiger partial charge in [0.1, 0.15) is 5.00 Å². The number of rotatable bonds is 3. The summed E-state index contributed by atoms with van der Waals surface area (Å²) in [5.74, 6) is -1.06. The molecule has 0 radical (unpaired) electrons. The first-order valence-electron chi connectivity index (χ1n) is 4.74. The quantitative estimate of drug-likeness (QED) is 0.859. The van der Waals surface area contributed by atoms with Gasteiger partial charge in [-0.05, 0) is 24.8 Å². The number of carboxylic acid groups (broad SMARTS) is 1. The van der Waals surface area contributed by atoms with Crippen LogP contribution in [0.15, 0.2) is 0 Å². The zero-order chi connectivity index (χ0) is 11.9. The van der Waals surface area contributed by atoms with Crippen molar-refractivity contribution in [1.82, 2.24) is 0 Å². The summed E-state index contributed by atoms with van der Waals surface area (Å²) in [6.45, 7) is 0. The van der Waals surface area contributed by atoms with E-state index in [0.717, 1.165) is 36.0 Å². The van der Waals surface area contributed by atoms with Crippen LogP contribution in [0.2, 0.25) is 0 Å². The number of hydrogen-bond donors (Lipinski definition) is 2. The number of aromatic carboxylic acids is 1. The van der Waals surface area contributed by atoms with Crippen LogP contribution in [-0.2, 0) is 22.9 Å². The van der Waals surface area contributed by atoms with Gasteiger partial charge in [-0.3, -0.25) is 4.72 Å². The normalized spacial score (nSPS) is 14.8. The molecule has 1 heterocycles. The number of sulfonamides is 1.